The van der Waals surface area contributed by atoms with E-state index in [9.17, 15) is 23.1 Å². The Kier molecular flexibility index (Phi) is 7.92. The van der Waals surface area contributed by atoms with Crippen LogP contribution in [0.15, 0.2) is 24.3 Å². The number of nitrogens with one attached hydrogen (secondary N) is 1. The largest absolute Gasteiger partial charge is 0.573 e. The second-order valence-corrected chi connectivity index (χ2v) is 7.51. The third-order valence-corrected chi connectivity index (χ3v) is 5.32. The minimum absolute atomic E-state index is 0.0765. The smallest absolute Gasteiger partial charge is 0.480 e. The van der Waals surface area contributed by atoms with Crippen LogP contribution in [0.5, 0.6) is 5.75 Å². The van der Waals surface area contributed by atoms with Crippen molar-refractivity contribution in [3.63, 3.8) is 0 Å². The van der Waals surface area contributed by atoms with E-state index in [2.05, 4.69) is 10.1 Å². The fraction of sp³-hybridized carbons (Fsp3) is 0.611. The number of alkyl halides is 3. The van der Waals surface area contributed by atoms with Crippen LogP contribution in [0.2, 0.25) is 6.32 Å². The van der Waals surface area contributed by atoms with E-state index in [1.54, 1.807) is 0 Å². The lowest BCUT2D eigenvalue weighted by Crippen LogP contribution is -2.61. The van der Waals surface area contributed by atoms with Gasteiger partial charge in [0.05, 0.1) is 0 Å². The molecule has 1 aromatic carbocycles. The van der Waals surface area contributed by atoms with Gasteiger partial charge in [-0.15, -0.1) is 13.2 Å². The standard InChI is InChI=1S/C18H26BF3N2O5/c20-18(21,22)29-15-5-3-12(4-6-15)11-24-14-9-13(10-14)17(23,16(25)26)7-1-2-8-19(27)28/h3-6,13-14,24,27-28H,1-2,7-11,23H2,(H,25,26)/t13-,14+,17?. The van der Waals surface area contributed by atoms with Gasteiger partial charge in [-0.25, -0.2) is 0 Å². The minimum Gasteiger partial charge on any atom is -0.480 e. The number of hydrogen-bond donors (Lipinski definition) is 5. The van der Waals surface area contributed by atoms with Crippen LogP contribution in [-0.2, 0) is 11.3 Å². The molecule has 0 amide bonds. The van der Waals surface area contributed by atoms with Gasteiger partial charge in [0.15, 0.2) is 0 Å². The number of carboxylic acid groups (broad SMARTS) is 1. The summed E-state index contributed by atoms with van der Waals surface area (Å²) in [4.78, 5) is 11.7. The van der Waals surface area contributed by atoms with Gasteiger partial charge in [0.2, 0.25) is 0 Å². The van der Waals surface area contributed by atoms with E-state index in [0.29, 0.717) is 32.2 Å². The molecule has 0 radical (unpaired) electrons. The zero-order valence-corrected chi connectivity index (χ0v) is 15.9. The molecule has 2 rings (SSSR count). The molecule has 6 N–H and O–H groups in total. The Hall–Kier alpha value is -1.82. The summed E-state index contributed by atoms with van der Waals surface area (Å²) in [6.45, 7) is 0.433. The van der Waals surface area contributed by atoms with Gasteiger partial charge >= 0.3 is 19.5 Å². The highest BCUT2D eigenvalue weighted by Crippen LogP contribution is 2.38. The summed E-state index contributed by atoms with van der Waals surface area (Å²) in [7, 11) is -1.40. The predicted molar refractivity (Wildman–Crippen MR) is 99.9 cm³/mol. The molecule has 0 bridgehead atoms. The van der Waals surface area contributed by atoms with E-state index in [-0.39, 0.29) is 30.5 Å². The van der Waals surface area contributed by atoms with Crippen LogP contribution in [0.1, 0.15) is 37.7 Å². The topological polar surface area (TPSA) is 125 Å². The van der Waals surface area contributed by atoms with Crippen molar-refractivity contribution < 1.29 is 37.9 Å². The summed E-state index contributed by atoms with van der Waals surface area (Å²) in [6, 6.07) is 5.63. The maximum absolute atomic E-state index is 12.2. The molecule has 1 fully saturated rings. The SMILES string of the molecule is NC(CCCCB(O)O)(C(=O)O)[C@H]1C[C@@H](NCc2ccc(OC(F)(F)F)cc2)C1. The number of aliphatic carboxylic acids is 1. The van der Waals surface area contributed by atoms with Crippen molar-refractivity contribution in [1.82, 2.24) is 5.32 Å². The van der Waals surface area contributed by atoms with Gasteiger partial charge in [-0.3, -0.25) is 4.79 Å². The van der Waals surface area contributed by atoms with E-state index in [4.69, 9.17) is 15.8 Å². The Bertz CT molecular complexity index is 668. The third-order valence-electron chi connectivity index (χ3n) is 5.32. The summed E-state index contributed by atoms with van der Waals surface area (Å²) in [6.07, 6.45) is -2.16. The quantitative estimate of drug-likeness (QED) is 0.275. The fourth-order valence-electron chi connectivity index (χ4n) is 3.51. The molecule has 11 heteroatoms. The number of benzene rings is 1. The Morgan fingerprint density at radius 3 is 2.34 bits per heavy atom. The van der Waals surface area contributed by atoms with Gasteiger partial charge in [-0.05, 0) is 49.2 Å². The molecule has 0 aliphatic heterocycles. The molecule has 1 aliphatic carbocycles. The number of unbranched alkanes of at least 4 members (excludes halogenated alkanes) is 1. The number of ether oxygens (including phenoxy) is 1. The lowest BCUT2D eigenvalue weighted by molar-refractivity contribution is -0.274. The first-order valence-electron chi connectivity index (χ1n) is 9.46. The summed E-state index contributed by atoms with van der Waals surface area (Å²) in [5, 5.41) is 30.5. The van der Waals surface area contributed by atoms with Crippen molar-refractivity contribution >= 4 is 13.1 Å². The van der Waals surface area contributed by atoms with Crippen LogP contribution in [0.3, 0.4) is 0 Å². The normalized spacial score (nSPS) is 21.2. The van der Waals surface area contributed by atoms with Crippen molar-refractivity contribution in [2.75, 3.05) is 0 Å². The van der Waals surface area contributed by atoms with Crippen LogP contribution in [0.25, 0.3) is 0 Å². The van der Waals surface area contributed by atoms with E-state index < -0.39 is 25.0 Å². The fourth-order valence-corrected chi connectivity index (χ4v) is 3.51. The van der Waals surface area contributed by atoms with Crippen LogP contribution in [0.4, 0.5) is 13.2 Å². The molecule has 1 saturated carbocycles. The third kappa shape index (κ3) is 7.18. The maximum Gasteiger partial charge on any atom is 0.573 e. The first-order valence-corrected chi connectivity index (χ1v) is 9.46. The van der Waals surface area contributed by atoms with Crippen molar-refractivity contribution in [3.8, 4) is 5.75 Å². The summed E-state index contributed by atoms with van der Waals surface area (Å²) >= 11 is 0. The van der Waals surface area contributed by atoms with Gasteiger partial charge in [-0.1, -0.05) is 25.0 Å². The zero-order valence-electron chi connectivity index (χ0n) is 15.9. The van der Waals surface area contributed by atoms with E-state index in [0.717, 1.165) is 5.56 Å². The van der Waals surface area contributed by atoms with Crippen molar-refractivity contribution in [2.45, 2.75) is 62.9 Å². The maximum atomic E-state index is 12.2. The molecular formula is C18H26BF3N2O5. The number of hydrogen-bond acceptors (Lipinski definition) is 6. The second kappa shape index (κ2) is 9.79. The second-order valence-electron chi connectivity index (χ2n) is 7.51. The average molecular weight is 418 g/mol. The van der Waals surface area contributed by atoms with Crippen LogP contribution in [0, 0.1) is 5.92 Å². The van der Waals surface area contributed by atoms with Gasteiger partial charge in [0.1, 0.15) is 11.3 Å². The highest BCUT2D eigenvalue weighted by atomic mass is 19.4. The molecule has 0 heterocycles. The van der Waals surface area contributed by atoms with Crippen molar-refractivity contribution in [1.29, 1.82) is 0 Å². The lowest BCUT2D eigenvalue weighted by Gasteiger charge is -2.45. The first-order chi connectivity index (χ1) is 13.5. The molecule has 1 aliphatic rings. The zero-order chi connectivity index (χ0) is 21.7. The number of rotatable bonds is 11. The molecular weight excluding hydrogens is 392 g/mol. The molecule has 0 aromatic heterocycles. The Morgan fingerprint density at radius 1 is 1.21 bits per heavy atom. The highest BCUT2D eigenvalue weighted by molar-refractivity contribution is 6.40. The van der Waals surface area contributed by atoms with Crippen molar-refractivity contribution in [2.24, 2.45) is 11.7 Å². The summed E-state index contributed by atoms with van der Waals surface area (Å²) < 4.78 is 40.3. The lowest BCUT2D eigenvalue weighted by atomic mass is 9.66. The predicted octanol–water partition coefficient (Wildman–Crippen LogP) is 1.88. The number of carbonyl (C=O) groups is 1. The average Bonchev–Trinajstić information content (AvgIpc) is 2.57. The first kappa shape index (κ1) is 23.5. The van der Waals surface area contributed by atoms with Crippen LogP contribution in [-0.4, -0.2) is 46.2 Å². The molecule has 1 atom stereocenters. The molecule has 7 nitrogen and oxygen atoms in total. The Balaban J connectivity index is 1.76. The van der Waals surface area contributed by atoms with Gasteiger partial charge in [0, 0.05) is 12.6 Å². The molecule has 1 aromatic rings. The van der Waals surface area contributed by atoms with Gasteiger partial charge in [0.25, 0.3) is 0 Å². The van der Waals surface area contributed by atoms with Crippen LogP contribution < -0.4 is 15.8 Å². The number of carboxylic acids is 1. The highest BCUT2D eigenvalue weighted by Gasteiger charge is 2.48. The summed E-state index contributed by atoms with van der Waals surface area (Å²) in [5.41, 5.74) is 5.57. The van der Waals surface area contributed by atoms with Gasteiger partial charge < -0.3 is 30.9 Å². The Morgan fingerprint density at radius 2 is 1.83 bits per heavy atom. The Labute approximate surface area is 167 Å². The molecule has 0 spiro atoms. The van der Waals surface area contributed by atoms with E-state index in [1.807, 2.05) is 0 Å². The molecule has 1 unspecified atom stereocenters. The molecule has 162 valence electrons. The number of nitrogens with two attached hydrogens (primary N) is 1. The minimum atomic E-state index is -4.72. The van der Waals surface area contributed by atoms with Crippen LogP contribution >= 0.6 is 0 Å². The van der Waals surface area contributed by atoms with E-state index in [1.165, 1.54) is 24.3 Å². The molecule has 0 saturated heterocycles. The van der Waals surface area contributed by atoms with Crippen molar-refractivity contribution in [3.05, 3.63) is 29.8 Å². The van der Waals surface area contributed by atoms with E-state index >= 15 is 0 Å². The summed E-state index contributed by atoms with van der Waals surface area (Å²) in [5.74, 6) is -1.54. The molecule has 29 heavy (non-hydrogen) atoms. The number of halogens is 3. The van der Waals surface area contributed by atoms with Gasteiger partial charge in [-0.2, -0.15) is 0 Å². The monoisotopic (exact) mass is 418 g/mol.